The monoisotopic (exact) mass is 968 g/mol. The molecule has 0 saturated heterocycles. The molecule has 3 unspecified atom stereocenters. The van der Waals surface area contributed by atoms with E-state index < -0.39 is 20.0 Å². The van der Waals surface area contributed by atoms with E-state index in [0.717, 1.165) is 38.5 Å². The highest BCUT2D eigenvalue weighted by Gasteiger charge is 2.27. The molecule has 3 N–H and O–H groups in total. The molecule has 0 aliphatic heterocycles. The normalized spacial score (nSPS) is 14.1. The number of likely N-dealkylation sites (N-methyl/N-ethyl adjacent to an activating group) is 1. The Morgan fingerprint density at radius 3 is 1.15 bits per heavy atom. The Kier molecular flexibility index (Phi) is 49.2. The van der Waals surface area contributed by atoms with Crippen LogP contribution in [0.25, 0.3) is 0 Å². The minimum absolute atomic E-state index is 0.0623. The highest BCUT2D eigenvalue weighted by molar-refractivity contribution is 7.47. The van der Waals surface area contributed by atoms with Crippen molar-refractivity contribution < 1.29 is 32.9 Å². The number of carbonyl (C=O) groups excluding carboxylic acids is 1. The fourth-order valence-electron chi connectivity index (χ4n) is 8.80. The molecule has 0 bridgehead atoms. The number of rotatable bonds is 54. The predicted molar refractivity (Wildman–Crippen MR) is 291 cm³/mol. The Hall–Kier alpha value is -1.02. The van der Waals surface area contributed by atoms with Gasteiger partial charge in [0.25, 0.3) is 0 Å². The lowest BCUT2D eigenvalue weighted by atomic mass is 10.0. The van der Waals surface area contributed by atoms with Gasteiger partial charge in [-0.15, -0.1) is 0 Å². The second-order valence-electron chi connectivity index (χ2n) is 21.4. The van der Waals surface area contributed by atoms with E-state index >= 15 is 0 Å². The molecular weight excluding hydrogens is 852 g/mol. The Labute approximate surface area is 417 Å². The number of aliphatic hydroxyl groups is 1. The second kappa shape index (κ2) is 49.9. The van der Waals surface area contributed by atoms with Crippen LogP contribution in [0.3, 0.4) is 0 Å². The first kappa shape index (κ1) is 66.0. The number of nitrogens with one attached hydrogen (secondary N) is 1. The summed E-state index contributed by atoms with van der Waals surface area (Å²) in [5.41, 5.74) is 0. The number of unbranched alkanes of at least 4 members (excludes halogenated alkanes) is 39. The van der Waals surface area contributed by atoms with Gasteiger partial charge in [0.1, 0.15) is 13.2 Å². The van der Waals surface area contributed by atoms with E-state index in [9.17, 15) is 19.4 Å². The smallest absolute Gasteiger partial charge is 0.387 e. The van der Waals surface area contributed by atoms with Crippen molar-refractivity contribution in [3.05, 3.63) is 24.3 Å². The molecule has 0 aliphatic rings. The fourth-order valence-corrected chi connectivity index (χ4v) is 9.54. The van der Waals surface area contributed by atoms with Gasteiger partial charge in [0, 0.05) is 6.42 Å². The zero-order chi connectivity index (χ0) is 49.2. The highest BCUT2D eigenvalue weighted by atomic mass is 31.2. The number of nitrogens with zero attached hydrogens (tertiary/aromatic N) is 1. The SMILES string of the molecule is CCCCCCCCCCC/C=C\CCCCCCCCCC(=O)NC(COP(=O)(O)OCC[N+](C)(C)C)C(O)/C=C/CCCCCCCCCCCCCCCCCCCCCCCCC. The van der Waals surface area contributed by atoms with E-state index in [4.69, 9.17) is 9.05 Å². The molecule has 0 rings (SSSR count). The van der Waals surface area contributed by atoms with Crippen LogP contribution in [0.2, 0.25) is 0 Å². The molecule has 398 valence electrons. The summed E-state index contributed by atoms with van der Waals surface area (Å²) in [6.07, 6.45) is 62.8. The van der Waals surface area contributed by atoms with Gasteiger partial charge in [-0.25, -0.2) is 4.57 Å². The van der Waals surface area contributed by atoms with Gasteiger partial charge in [-0.05, 0) is 44.9 Å². The molecule has 0 radical (unpaired) electrons. The molecule has 67 heavy (non-hydrogen) atoms. The van der Waals surface area contributed by atoms with Crippen molar-refractivity contribution in [2.24, 2.45) is 0 Å². The van der Waals surface area contributed by atoms with Gasteiger partial charge < -0.3 is 19.8 Å². The van der Waals surface area contributed by atoms with Crippen molar-refractivity contribution in [2.75, 3.05) is 40.9 Å². The van der Waals surface area contributed by atoms with Crippen molar-refractivity contribution >= 4 is 13.7 Å². The summed E-state index contributed by atoms with van der Waals surface area (Å²) in [5, 5.41) is 13.9. The standard InChI is InChI=1S/C58H115N2O6P/c1-6-8-10-12-14-16-18-20-22-24-26-28-29-30-31-32-33-35-37-39-41-43-45-47-49-51-57(61)56(55-66-67(63,64)65-54-53-60(3,4)5)59-58(62)52-50-48-46-44-42-40-38-36-34-27-25-23-21-19-17-15-13-11-9-7-2/h27,34,49,51,56-57,61H,6-26,28-33,35-48,50,52-55H2,1-5H3,(H-,59,62,63,64)/p+1/b34-27-,51-49+. The number of hydrogen-bond donors (Lipinski definition) is 3. The molecule has 0 saturated carbocycles. The first-order valence-corrected chi connectivity index (χ1v) is 30.7. The number of amides is 1. The van der Waals surface area contributed by atoms with Crippen LogP contribution in [-0.2, 0) is 18.4 Å². The van der Waals surface area contributed by atoms with Crippen LogP contribution in [0.5, 0.6) is 0 Å². The molecule has 0 aromatic carbocycles. The van der Waals surface area contributed by atoms with Gasteiger partial charge in [-0.2, -0.15) is 0 Å². The summed E-state index contributed by atoms with van der Waals surface area (Å²) >= 11 is 0. The molecule has 0 fully saturated rings. The van der Waals surface area contributed by atoms with Crippen LogP contribution < -0.4 is 5.32 Å². The van der Waals surface area contributed by atoms with E-state index in [1.165, 1.54) is 231 Å². The summed E-state index contributed by atoms with van der Waals surface area (Å²) in [7, 11) is 1.58. The van der Waals surface area contributed by atoms with E-state index in [1.807, 2.05) is 27.2 Å². The summed E-state index contributed by atoms with van der Waals surface area (Å²) in [6, 6.07) is -0.847. The number of aliphatic hydroxyl groups excluding tert-OH is 1. The Morgan fingerprint density at radius 1 is 0.493 bits per heavy atom. The molecule has 9 heteroatoms. The molecular formula is C58H116N2O6P+. The number of quaternary nitrogens is 1. The molecule has 0 heterocycles. The van der Waals surface area contributed by atoms with Gasteiger partial charge in [0.2, 0.25) is 5.91 Å². The molecule has 0 aromatic rings. The number of phosphoric ester groups is 1. The molecule has 0 aliphatic carbocycles. The first-order chi connectivity index (χ1) is 32.5. The van der Waals surface area contributed by atoms with Crippen LogP contribution in [0, 0.1) is 0 Å². The average molecular weight is 969 g/mol. The highest BCUT2D eigenvalue weighted by Crippen LogP contribution is 2.43. The lowest BCUT2D eigenvalue weighted by Gasteiger charge is -2.25. The third-order valence-electron chi connectivity index (χ3n) is 13.4. The quantitative estimate of drug-likeness (QED) is 0.0243. The van der Waals surface area contributed by atoms with Crippen LogP contribution in [0.15, 0.2) is 24.3 Å². The minimum Gasteiger partial charge on any atom is -0.387 e. The average Bonchev–Trinajstić information content (AvgIpc) is 3.29. The predicted octanol–water partition coefficient (Wildman–Crippen LogP) is 17.6. The van der Waals surface area contributed by atoms with Gasteiger partial charge in [0.05, 0.1) is 39.9 Å². The molecule has 3 atom stereocenters. The maximum Gasteiger partial charge on any atom is 0.472 e. The van der Waals surface area contributed by atoms with E-state index in [-0.39, 0.29) is 19.1 Å². The molecule has 0 aromatic heterocycles. The Bertz CT molecular complexity index is 1140. The van der Waals surface area contributed by atoms with E-state index in [2.05, 4.69) is 31.3 Å². The van der Waals surface area contributed by atoms with Crippen molar-refractivity contribution in [3.63, 3.8) is 0 Å². The molecule has 8 nitrogen and oxygen atoms in total. The lowest BCUT2D eigenvalue weighted by Crippen LogP contribution is -2.45. The van der Waals surface area contributed by atoms with Crippen LogP contribution in [0.1, 0.15) is 290 Å². The maximum absolute atomic E-state index is 13.0. The maximum atomic E-state index is 13.0. The van der Waals surface area contributed by atoms with Gasteiger partial charge in [-0.1, -0.05) is 263 Å². The second-order valence-corrected chi connectivity index (χ2v) is 22.8. The number of carbonyl (C=O) groups is 1. The summed E-state index contributed by atoms with van der Waals surface area (Å²) in [4.78, 5) is 23.3. The van der Waals surface area contributed by atoms with Gasteiger partial charge in [-0.3, -0.25) is 13.8 Å². The van der Waals surface area contributed by atoms with Crippen LogP contribution in [0.4, 0.5) is 0 Å². The summed E-state index contributed by atoms with van der Waals surface area (Å²) in [5.74, 6) is -0.177. The number of allylic oxidation sites excluding steroid dienone is 3. The zero-order valence-corrected chi connectivity index (χ0v) is 46.3. The van der Waals surface area contributed by atoms with Crippen molar-refractivity contribution in [1.82, 2.24) is 5.32 Å². The molecule has 0 spiro atoms. The summed E-state index contributed by atoms with van der Waals surface area (Å²) in [6.45, 7) is 4.85. The zero-order valence-electron chi connectivity index (χ0n) is 45.4. The van der Waals surface area contributed by atoms with Crippen molar-refractivity contribution in [1.29, 1.82) is 0 Å². The van der Waals surface area contributed by atoms with Crippen molar-refractivity contribution in [3.8, 4) is 0 Å². The Balaban J connectivity index is 4.20. The molecule has 1 amide bonds. The van der Waals surface area contributed by atoms with E-state index in [0.29, 0.717) is 17.4 Å². The third-order valence-corrected chi connectivity index (χ3v) is 14.4. The third kappa shape index (κ3) is 52.6. The van der Waals surface area contributed by atoms with Crippen LogP contribution >= 0.6 is 7.82 Å². The first-order valence-electron chi connectivity index (χ1n) is 29.2. The van der Waals surface area contributed by atoms with Gasteiger partial charge in [0.15, 0.2) is 0 Å². The lowest BCUT2D eigenvalue weighted by molar-refractivity contribution is -0.870. The fraction of sp³-hybridized carbons (Fsp3) is 0.914. The Morgan fingerprint density at radius 2 is 0.806 bits per heavy atom. The minimum atomic E-state index is -4.35. The summed E-state index contributed by atoms with van der Waals surface area (Å²) < 4.78 is 23.7. The largest absolute Gasteiger partial charge is 0.472 e. The van der Waals surface area contributed by atoms with E-state index in [1.54, 1.807) is 6.08 Å². The van der Waals surface area contributed by atoms with Gasteiger partial charge >= 0.3 is 7.82 Å². The van der Waals surface area contributed by atoms with Crippen LogP contribution in [-0.4, -0.2) is 73.4 Å². The topological polar surface area (TPSA) is 105 Å². The van der Waals surface area contributed by atoms with Crippen molar-refractivity contribution in [2.45, 2.75) is 302 Å². The number of phosphoric acid groups is 1. The number of hydrogen-bond acceptors (Lipinski definition) is 5.